The molecule has 2 fully saturated rings. The lowest BCUT2D eigenvalue weighted by atomic mass is 9.94. The first-order chi connectivity index (χ1) is 18.5. The van der Waals surface area contributed by atoms with Crippen LogP contribution in [0, 0.1) is 0 Å². The van der Waals surface area contributed by atoms with Crippen molar-refractivity contribution in [1.29, 1.82) is 0 Å². The van der Waals surface area contributed by atoms with Gasteiger partial charge in [-0.05, 0) is 99.8 Å². The second kappa shape index (κ2) is 12.4. The number of carbonyl (C=O) groups is 1. The SMILES string of the molecule is C=S(=O)(c1ccc(-c2ccc(CCCC(F)(F)F)cc2)cc1)C1(C(=O)NCC2CCCCO2)CCN(C)CC1. The van der Waals surface area contributed by atoms with Crippen molar-refractivity contribution in [3.63, 3.8) is 0 Å². The number of hydrogen-bond donors (Lipinski definition) is 1. The Kier molecular flexibility index (Phi) is 9.45. The van der Waals surface area contributed by atoms with Gasteiger partial charge in [-0.3, -0.25) is 9.00 Å². The van der Waals surface area contributed by atoms with Crippen LogP contribution in [-0.2, 0) is 25.5 Å². The van der Waals surface area contributed by atoms with Gasteiger partial charge in [-0.15, -0.1) is 0 Å². The fourth-order valence-corrected chi connectivity index (χ4v) is 7.71. The van der Waals surface area contributed by atoms with E-state index in [2.05, 4.69) is 16.1 Å². The van der Waals surface area contributed by atoms with Crippen LogP contribution in [0.1, 0.15) is 50.5 Å². The summed E-state index contributed by atoms with van der Waals surface area (Å²) in [4.78, 5) is 16.4. The molecule has 214 valence electrons. The number of rotatable bonds is 9. The van der Waals surface area contributed by atoms with Crippen LogP contribution in [-0.4, -0.2) is 71.2 Å². The van der Waals surface area contributed by atoms with Crippen molar-refractivity contribution in [2.45, 2.75) is 73.3 Å². The second-order valence-corrected chi connectivity index (χ2v) is 13.5. The van der Waals surface area contributed by atoms with Crippen molar-refractivity contribution >= 4 is 21.3 Å². The fraction of sp³-hybridized carbons (Fsp3) is 0.533. The maximum atomic E-state index is 14.4. The van der Waals surface area contributed by atoms with Gasteiger partial charge in [-0.2, -0.15) is 13.2 Å². The summed E-state index contributed by atoms with van der Waals surface area (Å²) in [5, 5.41) is 3.05. The molecule has 4 rings (SSSR count). The summed E-state index contributed by atoms with van der Waals surface area (Å²) in [5.41, 5.74) is 2.66. The van der Waals surface area contributed by atoms with Gasteiger partial charge >= 0.3 is 6.18 Å². The minimum atomic E-state index is -4.13. The number of nitrogens with zero attached hydrogens (tertiary/aromatic N) is 1. The van der Waals surface area contributed by atoms with Crippen LogP contribution in [0.3, 0.4) is 0 Å². The summed E-state index contributed by atoms with van der Waals surface area (Å²) < 4.78 is 56.4. The Hall–Kier alpha value is -2.36. The van der Waals surface area contributed by atoms with Gasteiger partial charge in [0.15, 0.2) is 0 Å². The second-order valence-electron chi connectivity index (χ2n) is 10.9. The zero-order valence-electron chi connectivity index (χ0n) is 22.6. The van der Waals surface area contributed by atoms with E-state index in [1.54, 1.807) is 12.1 Å². The molecular formula is C30H39F3N2O3S. The summed E-state index contributed by atoms with van der Waals surface area (Å²) in [7, 11) is -1.000. The highest BCUT2D eigenvalue weighted by Crippen LogP contribution is 2.37. The molecular weight excluding hydrogens is 525 g/mol. The minimum Gasteiger partial charge on any atom is -0.376 e. The number of hydrogen-bond acceptors (Lipinski definition) is 4. The zero-order chi connectivity index (χ0) is 28.1. The number of halogens is 3. The molecule has 2 aromatic carbocycles. The van der Waals surface area contributed by atoms with Crippen LogP contribution in [0.2, 0.25) is 0 Å². The van der Waals surface area contributed by atoms with Crippen molar-refractivity contribution in [3.8, 4) is 11.1 Å². The van der Waals surface area contributed by atoms with Gasteiger partial charge in [0.2, 0.25) is 5.91 Å². The van der Waals surface area contributed by atoms with Crippen molar-refractivity contribution in [3.05, 3.63) is 54.1 Å². The molecule has 2 aliphatic heterocycles. The van der Waals surface area contributed by atoms with Gasteiger partial charge in [0.25, 0.3) is 0 Å². The highest BCUT2D eigenvalue weighted by molar-refractivity contribution is 8.02. The van der Waals surface area contributed by atoms with Crippen LogP contribution >= 0.6 is 0 Å². The largest absolute Gasteiger partial charge is 0.389 e. The van der Waals surface area contributed by atoms with Crippen LogP contribution in [0.4, 0.5) is 13.2 Å². The van der Waals surface area contributed by atoms with E-state index in [9.17, 15) is 22.2 Å². The third-order valence-corrected chi connectivity index (χ3v) is 10.9. The lowest BCUT2D eigenvalue weighted by Crippen LogP contribution is -2.58. The third-order valence-electron chi connectivity index (χ3n) is 8.05. The Balaban J connectivity index is 1.48. The van der Waals surface area contributed by atoms with Gasteiger partial charge < -0.3 is 15.0 Å². The first-order valence-electron chi connectivity index (χ1n) is 13.7. The maximum absolute atomic E-state index is 14.4. The zero-order valence-corrected chi connectivity index (χ0v) is 23.4. The average molecular weight is 565 g/mol. The predicted octanol–water partition coefficient (Wildman–Crippen LogP) is 5.46. The molecule has 2 aromatic rings. The number of ether oxygens (including phenoxy) is 1. The molecule has 2 atom stereocenters. The van der Waals surface area contributed by atoms with E-state index in [0.29, 0.717) is 50.4 Å². The standard InChI is InChI=1S/C30H39F3N2O3S/c1-35-19-17-29(18-20-35,28(36)34-22-26-7-3-4-21-38-26)39(2,37)27-14-12-25(13-15-27)24-10-8-23(9-11-24)6-5-16-30(31,32)33/h8-15,26H,2-7,16-22H2,1H3,(H,34,36). The van der Waals surface area contributed by atoms with Crippen LogP contribution in [0.15, 0.2) is 53.4 Å². The third kappa shape index (κ3) is 7.24. The molecule has 2 saturated heterocycles. The van der Waals surface area contributed by atoms with E-state index in [4.69, 9.17) is 4.74 Å². The van der Waals surface area contributed by atoms with Crippen LogP contribution in [0.5, 0.6) is 0 Å². The molecule has 0 aromatic heterocycles. The van der Waals surface area contributed by atoms with Gasteiger partial charge in [0.05, 0.1) is 6.10 Å². The Morgan fingerprint density at radius 1 is 1.08 bits per heavy atom. The van der Waals surface area contributed by atoms with Crippen molar-refractivity contribution in [1.82, 2.24) is 10.2 Å². The molecule has 9 heteroatoms. The number of nitrogens with one attached hydrogen (secondary N) is 1. The van der Waals surface area contributed by atoms with E-state index < -0.39 is 26.9 Å². The summed E-state index contributed by atoms with van der Waals surface area (Å²) in [5.74, 6) is 3.96. The molecule has 0 saturated carbocycles. The van der Waals surface area contributed by atoms with Gasteiger partial charge in [0, 0.05) is 34.0 Å². The predicted molar refractivity (Wildman–Crippen MR) is 150 cm³/mol. The van der Waals surface area contributed by atoms with E-state index in [-0.39, 0.29) is 18.4 Å². The Bertz CT molecular complexity index is 1200. The maximum Gasteiger partial charge on any atom is 0.389 e. The monoisotopic (exact) mass is 564 g/mol. The number of alkyl halides is 3. The molecule has 1 amide bonds. The fourth-order valence-electron chi connectivity index (χ4n) is 5.47. The molecule has 5 nitrogen and oxygen atoms in total. The normalized spacial score (nSPS) is 21.7. The van der Waals surface area contributed by atoms with Gasteiger partial charge in [-0.25, -0.2) is 0 Å². The lowest BCUT2D eigenvalue weighted by Gasteiger charge is -2.41. The summed E-state index contributed by atoms with van der Waals surface area (Å²) in [6, 6.07) is 14.8. The molecule has 0 spiro atoms. The van der Waals surface area contributed by atoms with Crippen LogP contribution in [0.25, 0.3) is 11.1 Å². The van der Waals surface area contributed by atoms with Gasteiger partial charge in [-0.1, -0.05) is 36.4 Å². The highest BCUT2D eigenvalue weighted by Gasteiger charge is 2.48. The number of carbonyl (C=O) groups excluding carboxylic acids is 1. The number of piperidine rings is 1. The molecule has 1 N–H and O–H groups in total. The summed E-state index contributed by atoms with van der Waals surface area (Å²) in [6.45, 7) is 2.44. The van der Waals surface area contributed by atoms with Gasteiger partial charge in [0.1, 0.15) is 4.75 Å². The van der Waals surface area contributed by atoms with E-state index in [1.807, 2.05) is 43.4 Å². The Morgan fingerprint density at radius 2 is 1.69 bits per heavy atom. The molecule has 39 heavy (non-hydrogen) atoms. The molecule has 2 unspecified atom stereocenters. The number of amides is 1. The summed E-state index contributed by atoms with van der Waals surface area (Å²) in [6.07, 6.45) is -0.556. The summed E-state index contributed by atoms with van der Waals surface area (Å²) >= 11 is 0. The van der Waals surface area contributed by atoms with Crippen molar-refractivity contribution < 1.29 is 26.9 Å². The molecule has 0 radical (unpaired) electrons. The minimum absolute atomic E-state index is 0.0119. The van der Waals surface area contributed by atoms with Crippen molar-refractivity contribution in [2.24, 2.45) is 0 Å². The van der Waals surface area contributed by atoms with Crippen LogP contribution < -0.4 is 5.32 Å². The Labute approximate surface area is 230 Å². The Morgan fingerprint density at radius 3 is 2.26 bits per heavy atom. The van der Waals surface area contributed by atoms with E-state index in [1.165, 1.54) is 0 Å². The quantitative estimate of drug-likeness (QED) is 0.411. The lowest BCUT2D eigenvalue weighted by molar-refractivity contribution is -0.135. The first kappa shape index (κ1) is 29.6. The van der Waals surface area contributed by atoms with E-state index >= 15 is 0 Å². The molecule has 0 bridgehead atoms. The smallest absolute Gasteiger partial charge is 0.376 e. The molecule has 2 heterocycles. The molecule has 2 aliphatic rings. The first-order valence-corrected chi connectivity index (χ1v) is 15.4. The van der Waals surface area contributed by atoms with Crippen molar-refractivity contribution in [2.75, 3.05) is 33.3 Å². The number of benzene rings is 2. The number of aryl methyl sites for hydroxylation is 1. The molecule has 0 aliphatic carbocycles. The highest BCUT2D eigenvalue weighted by atomic mass is 32.2. The van der Waals surface area contributed by atoms with E-state index in [0.717, 1.165) is 36.0 Å². The number of likely N-dealkylation sites (tertiary alicyclic amines) is 1. The topological polar surface area (TPSA) is 58.6 Å². The average Bonchev–Trinajstić information content (AvgIpc) is 2.92.